The molecule has 0 atom stereocenters. The number of rotatable bonds is 5. The summed E-state index contributed by atoms with van der Waals surface area (Å²) in [5.41, 5.74) is 0.0496. The van der Waals surface area contributed by atoms with Crippen LogP contribution in [0, 0.1) is 24.1 Å². The van der Waals surface area contributed by atoms with Gasteiger partial charge in [0.05, 0.1) is 6.61 Å². The average molecular weight is 393 g/mol. The summed E-state index contributed by atoms with van der Waals surface area (Å²) in [5.74, 6) is -1.20. The summed E-state index contributed by atoms with van der Waals surface area (Å²) in [4.78, 5) is 29.4. The Balaban J connectivity index is 2.24. The second-order valence-electron chi connectivity index (χ2n) is 5.97. The van der Waals surface area contributed by atoms with E-state index in [9.17, 15) is 19.2 Å². The molecule has 0 radical (unpaired) electrons. The molecule has 146 valence electrons. The predicted octanol–water partition coefficient (Wildman–Crippen LogP) is 3.40. The van der Waals surface area contributed by atoms with Gasteiger partial charge >= 0.3 is 5.97 Å². The zero-order valence-corrected chi connectivity index (χ0v) is 15.7. The topological polar surface area (TPSA) is 93.7 Å². The number of ether oxygens (including phenoxy) is 2. The number of nitriles is 1. The van der Waals surface area contributed by atoms with Crippen LogP contribution in [0.25, 0.3) is 11.7 Å². The number of benzene rings is 1. The quantitative estimate of drug-likeness (QED) is 0.375. The molecule has 3 rings (SSSR count). The van der Waals surface area contributed by atoms with Crippen LogP contribution in [0.3, 0.4) is 0 Å². The van der Waals surface area contributed by atoms with E-state index >= 15 is 0 Å². The van der Waals surface area contributed by atoms with E-state index in [-0.39, 0.29) is 29.4 Å². The van der Waals surface area contributed by atoms with Crippen LogP contribution in [0.15, 0.2) is 53.0 Å². The number of aryl methyl sites for hydroxylation is 1. The van der Waals surface area contributed by atoms with E-state index in [0.717, 1.165) is 11.6 Å². The van der Waals surface area contributed by atoms with Gasteiger partial charge in [0.25, 0.3) is 5.56 Å². The lowest BCUT2D eigenvalue weighted by atomic mass is 10.2. The summed E-state index contributed by atoms with van der Waals surface area (Å²) < 4.78 is 25.0. The lowest BCUT2D eigenvalue weighted by Crippen LogP contribution is -2.20. The Morgan fingerprint density at radius 2 is 2.03 bits per heavy atom. The van der Waals surface area contributed by atoms with Crippen LogP contribution in [-0.4, -0.2) is 22.0 Å². The summed E-state index contributed by atoms with van der Waals surface area (Å²) in [6.45, 7) is 3.45. The van der Waals surface area contributed by atoms with Crippen LogP contribution >= 0.6 is 0 Å². The maximum atomic E-state index is 13.2. The summed E-state index contributed by atoms with van der Waals surface area (Å²) >= 11 is 0. The molecule has 0 spiro atoms. The number of hydrogen-bond acceptors (Lipinski definition) is 6. The van der Waals surface area contributed by atoms with Gasteiger partial charge < -0.3 is 9.47 Å². The number of nitrogens with zero attached hydrogens (tertiary/aromatic N) is 3. The van der Waals surface area contributed by atoms with Gasteiger partial charge in [-0.15, -0.1) is 0 Å². The standard InChI is InChI=1S/C21H16FN3O4/c1-3-28-21(27)14(12-23)11-17-19(29-16-8-6-15(22)7-9-16)24-18-13(2)5-4-10-25(18)20(17)26/h4-11H,3H2,1-2H3. The highest BCUT2D eigenvalue weighted by Gasteiger charge is 2.18. The molecule has 0 aliphatic carbocycles. The minimum atomic E-state index is -0.864. The molecular formula is C21H16FN3O4. The van der Waals surface area contributed by atoms with E-state index in [2.05, 4.69) is 4.98 Å². The summed E-state index contributed by atoms with van der Waals surface area (Å²) in [7, 11) is 0. The zero-order chi connectivity index (χ0) is 21.0. The van der Waals surface area contributed by atoms with Gasteiger partial charge in [0, 0.05) is 6.20 Å². The van der Waals surface area contributed by atoms with Crippen LogP contribution in [0.2, 0.25) is 0 Å². The maximum Gasteiger partial charge on any atom is 0.348 e. The first-order valence-electron chi connectivity index (χ1n) is 8.69. The van der Waals surface area contributed by atoms with Crippen molar-refractivity contribution in [3.8, 4) is 17.7 Å². The van der Waals surface area contributed by atoms with Gasteiger partial charge in [0.1, 0.15) is 34.4 Å². The van der Waals surface area contributed by atoms with Crippen molar-refractivity contribution in [2.45, 2.75) is 13.8 Å². The first-order chi connectivity index (χ1) is 13.9. The number of esters is 1. The molecule has 0 amide bonds. The lowest BCUT2D eigenvalue weighted by Gasteiger charge is -2.11. The van der Waals surface area contributed by atoms with Crippen molar-refractivity contribution in [2.24, 2.45) is 0 Å². The van der Waals surface area contributed by atoms with Gasteiger partial charge in [-0.05, 0) is 55.8 Å². The van der Waals surface area contributed by atoms with Crippen molar-refractivity contribution >= 4 is 17.7 Å². The van der Waals surface area contributed by atoms with Gasteiger partial charge in [-0.3, -0.25) is 9.20 Å². The third-order valence-electron chi connectivity index (χ3n) is 3.98. The van der Waals surface area contributed by atoms with Crippen molar-refractivity contribution in [3.05, 3.63) is 75.5 Å². The Morgan fingerprint density at radius 3 is 2.69 bits per heavy atom. The normalized spacial score (nSPS) is 11.2. The van der Waals surface area contributed by atoms with Gasteiger partial charge in [-0.2, -0.15) is 10.2 Å². The molecule has 1 aromatic carbocycles. The molecule has 8 heteroatoms. The molecule has 29 heavy (non-hydrogen) atoms. The van der Waals surface area contributed by atoms with Gasteiger partial charge in [-0.1, -0.05) is 6.07 Å². The van der Waals surface area contributed by atoms with Crippen molar-refractivity contribution in [1.82, 2.24) is 9.38 Å². The molecule has 0 bridgehead atoms. The Morgan fingerprint density at radius 1 is 1.31 bits per heavy atom. The van der Waals surface area contributed by atoms with Crippen molar-refractivity contribution in [3.63, 3.8) is 0 Å². The SMILES string of the molecule is CCOC(=O)C(C#N)=Cc1c(Oc2ccc(F)cc2)nc2c(C)cccn2c1=O. The average Bonchev–Trinajstić information content (AvgIpc) is 2.70. The van der Waals surface area contributed by atoms with Gasteiger partial charge in [0.15, 0.2) is 0 Å². The molecule has 0 aliphatic rings. The highest BCUT2D eigenvalue weighted by atomic mass is 19.1. The van der Waals surface area contributed by atoms with E-state index in [1.807, 2.05) is 0 Å². The molecule has 2 aromatic heterocycles. The number of pyridine rings is 1. The molecule has 3 aromatic rings. The number of aromatic nitrogens is 2. The molecule has 0 N–H and O–H groups in total. The predicted molar refractivity (Wildman–Crippen MR) is 103 cm³/mol. The van der Waals surface area contributed by atoms with Crippen molar-refractivity contribution < 1.29 is 18.7 Å². The highest BCUT2D eigenvalue weighted by molar-refractivity contribution is 5.98. The molecule has 0 unspecified atom stereocenters. The Labute approximate surface area is 165 Å². The molecule has 0 saturated heterocycles. The first kappa shape index (κ1) is 19.8. The minimum Gasteiger partial charge on any atom is -0.462 e. The van der Waals surface area contributed by atoms with E-state index < -0.39 is 17.3 Å². The second-order valence-corrected chi connectivity index (χ2v) is 5.97. The molecular weight excluding hydrogens is 377 g/mol. The third kappa shape index (κ3) is 4.14. The largest absolute Gasteiger partial charge is 0.462 e. The lowest BCUT2D eigenvalue weighted by molar-refractivity contribution is -0.137. The molecule has 0 aliphatic heterocycles. The number of halogens is 1. The summed E-state index contributed by atoms with van der Waals surface area (Å²) in [6.07, 6.45) is 2.61. The van der Waals surface area contributed by atoms with Gasteiger partial charge in [0.2, 0.25) is 5.88 Å². The van der Waals surface area contributed by atoms with E-state index in [4.69, 9.17) is 9.47 Å². The molecule has 2 heterocycles. The fourth-order valence-corrected chi connectivity index (χ4v) is 2.60. The molecule has 0 saturated carbocycles. The van der Waals surface area contributed by atoms with Gasteiger partial charge in [-0.25, -0.2) is 9.18 Å². The number of hydrogen-bond donors (Lipinski definition) is 0. The third-order valence-corrected chi connectivity index (χ3v) is 3.98. The fraction of sp³-hybridized carbons (Fsp3) is 0.143. The smallest absolute Gasteiger partial charge is 0.348 e. The van der Waals surface area contributed by atoms with Crippen LogP contribution < -0.4 is 10.3 Å². The van der Waals surface area contributed by atoms with Crippen molar-refractivity contribution in [1.29, 1.82) is 5.26 Å². The molecule has 7 nitrogen and oxygen atoms in total. The van der Waals surface area contributed by atoms with E-state index in [1.54, 1.807) is 32.0 Å². The van der Waals surface area contributed by atoms with Crippen LogP contribution in [0.5, 0.6) is 11.6 Å². The van der Waals surface area contributed by atoms with E-state index in [0.29, 0.717) is 5.65 Å². The minimum absolute atomic E-state index is 0.0743. The second kappa shape index (κ2) is 8.35. The van der Waals surface area contributed by atoms with E-state index in [1.165, 1.54) is 34.9 Å². The number of carbonyl (C=O) groups is 1. The molecule has 0 fully saturated rings. The fourth-order valence-electron chi connectivity index (χ4n) is 2.60. The first-order valence-corrected chi connectivity index (χ1v) is 8.69. The number of carbonyl (C=O) groups excluding carboxylic acids is 1. The Bertz CT molecular complexity index is 1210. The van der Waals surface area contributed by atoms with Crippen LogP contribution in [-0.2, 0) is 9.53 Å². The maximum absolute atomic E-state index is 13.2. The van der Waals surface area contributed by atoms with Crippen LogP contribution in [0.4, 0.5) is 4.39 Å². The summed E-state index contributed by atoms with van der Waals surface area (Å²) in [5, 5.41) is 9.31. The van der Waals surface area contributed by atoms with Crippen LogP contribution in [0.1, 0.15) is 18.1 Å². The Kier molecular flexibility index (Phi) is 5.69. The summed E-state index contributed by atoms with van der Waals surface area (Å²) in [6, 6.07) is 10.3. The van der Waals surface area contributed by atoms with Crippen molar-refractivity contribution in [2.75, 3.05) is 6.61 Å². The Hall–Kier alpha value is -3.99. The highest BCUT2D eigenvalue weighted by Crippen LogP contribution is 2.25. The number of fused-ring (bicyclic) bond motifs is 1. The zero-order valence-electron chi connectivity index (χ0n) is 15.7. The monoisotopic (exact) mass is 393 g/mol.